The first-order valence-electron chi connectivity index (χ1n) is 4.21. The van der Waals surface area contributed by atoms with Crippen LogP contribution < -0.4 is 5.73 Å². The predicted octanol–water partition coefficient (Wildman–Crippen LogP) is -0.778. The summed E-state index contributed by atoms with van der Waals surface area (Å²) in [5, 5.41) is 19.8. The van der Waals surface area contributed by atoms with Gasteiger partial charge in [0, 0.05) is 0 Å². The second kappa shape index (κ2) is 3.12. The normalized spacial score (nSPS) is 10.8. The van der Waals surface area contributed by atoms with Crippen LogP contribution in [-0.2, 0) is 0 Å². The molecule has 0 saturated heterocycles. The summed E-state index contributed by atoms with van der Waals surface area (Å²) in [6, 6.07) is 0. The van der Waals surface area contributed by atoms with Gasteiger partial charge in [-0.1, -0.05) is 5.16 Å². The third kappa shape index (κ3) is 1.28. The number of nitrogens with zero attached hydrogens (tertiary/aromatic N) is 6. The Kier molecular flexibility index (Phi) is 1.66. The van der Waals surface area contributed by atoms with Crippen molar-refractivity contribution < 1.29 is 4.52 Å². The lowest BCUT2D eigenvalue weighted by atomic mass is 10.4. The van der Waals surface area contributed by atoms with Crippen molar-refractivity contribution in [2.75, 3.05) is 5.73 Å². The molecule has 10 nitrogen and oxygen atoms in total. The molecular formula is C6H5N9O. The van der Waals surface area contributed by atoms with E-state index in [0.717, 1.165) is 0 Å². The molecule has 0 unspecified atom stereocenters. The van der Waals surface area contributed by atoms with Gasteiger partial charge in [0.15, 0.2) is 5.69 Å². The highest BCUT2D eigenvalue weighted by atomic mass is 16.5. The number of nitrogen functional groups attached to an aromatic ring is 1. The number of aromatic amines is 2. The minimum Gasteiger partial charge on any atom is -0.366 e. The maximum atomic E-state index is 5.35. The van der Waals surface area contributed by atoms with Crippen LogP contribution in [0.1, 0.15) is 0 Å². The molecule has 0 aliphatic carbocycles. The lowest BCUT2D eigenvalue weighted by Crippen LogP contribution is -1.85. The Hall–Kier alpha value is -2.78. The fraction of sp³-hybridized carbons (Fsp3) is 0. The van der Waals surface area contributed by atoms with Gasteiger partial charge in [-0.2, -0.15) is 25.4 Å². The van der Waals surface area contributed by atoms with E-state index in [0.29, 0.717) is 17.3 Å². The first-order valence-corrected chi connectivity index (χ1v) is 4.21. The van der Waals surface area contributed by atoms with Gasteiger partial charge in [0.2, 0.25) is 17.6 Å². The van der Waals surface area contributed by atoms with Crippen LogP contribution in [0.2, 0.25) is 0 Å². The Morgan fingerprint density at radius 2 is 2.19 bits per heavy atom. The molecule has 0 aliphatic rings. The molecule has 0 bridgehead atoms. The van der Waals surface area contributed by atoms with Crippen molar-refractivity contribution in [1.82, 2.24) is 40.7 Å². The summed E-state index contributed by atoms with van der Waals surface area (Å²) < 4.78 is 4.96. The summed E-state index contributed by atoms with van der Waals surface area (Å²) in [5.41, 5.74) is 5.82. The monoisotopic (exact) mass is 219 g/mol. The molecule has 0 saturated carbocycles. The molecule has 0 fully saturated rings. The molecule has 4 N–H and O–H groups in total. The van der Waals surface area contributed by atoms with E-state index in [1.807, 2.05) is 0 Å². The molecule has 3 aromatic rings. The molecule has 10 heteroatoms. The molecule has 16 heavy (non-hydrogen) atoms. The molecule has 0 atom stereocenters. The maximum Gasteiger partial charge on any atom is 0.295 e. The molecule has 3 rings (SSSR count). The van der Waals surface area contributed by atoms with Crippen molar-refractivity contribution in [1.29, 1.82) is 0 Å². The van der Waals surface area contributed by atoms with Crippen molar-refractivity contribution in [3.8, 4) is 23.2 Å². The van der Waals surface area contributed by atoms with Crippen LogP contribution in [0.5, 0.6) is 0 Å². The van der Waals surface area contributed by atoms with E-state index in [1.54, 1.807) is 0 Å². The Morgan fingerprint density at radius 1 is 1.25 bits per heavy atom. The fourth-order valence-electron chi connectivity index (χ4n) is 1.10. The fourth-order valence-corrected chi connectivity index (χ4v) is 1.10. The van der Waals surface area contributed by atoms with Gasteiger partial charge in [0.1, 0.15) is 0 Å². The van der Waals surface area contributed by atoms with E-state index in [-0.39, 0.29) is 11.8 Å². The zero-order valence-electron chi connectivity index (χ0n) is 7.75. The highest BCUT2D eigenvalue weighted by Crippen LogP contribution is 2.17. The number of nitrogens with one attached hydrogen (secondary N) is 2. The van der Waals surface area contributed by atoms with Gasteiger partial charge in [-0.15, -0.1) is 5.10 Å². The molecular weight excluding hydrogens is 214 g/mol. The van der Waals surface area contributed by atoms with Crippen molar-refractivity contribution in [3.05, 3.63) is 6.20 Å². The second-order valence-electron chi connectivity index (χ2n) is 2.82. The van der Waals surface area contributed by atoms with Crippen LogP contribution in [0.3, 0.4) is 0 Å². The Bertz CT molecular complexity index is 593. The molecule has 3 heterocycles. The largest absolute Gasteiger partial charge is 0.366 e. The predicted molar refractivity (Wildman–Crippen MR) is 49.5 cm³/mol. The average Bonchev–Trinajstić information content (AvgIpc) is 2.97. The van der Waals surface area contributed by atoms with E-state index >= 15 is 0 Å². The number of H-pyrrole nitrogens is 2. The maximum absolute atomic E-state index is 5.35. The van der Waals surface area contributed by atoms with Crippen LogP contribution in [0.4, 0.5) is 5.95 Å². The highest BCUT2D eigenvalue weighted by Gasteiger charge is 2.15. The number of hydrogen-bond donors (Lipinski definition) is 3. The Morgan fingerprint density at radius 3 is 2.88 bits per heavy atom. The minimum atomic E-state index is 0.108. The minimum absolute atomic E-state index is 0.108. The zero-order chi connectivity index (χ0) is 11.0. The molecule has 0 aliphatic heterocycles. The summed E-state index contributed by atoms with van der Waals surface area (Å²) in [6.07, 6.45) is 1.48. The Balaban J connectivity index is 2.00. The summed E-state index contributed by atoms with van der Waals surface area (Å²) in [4.78, 5) is 7.89. The first-order chi connectivity index (χ1) is 7.83. The van der Waals surface area contributed by atoms with Gasteiger partial charge < -0.3 is 10.3 Å². The summed E-state index contributed by atoms with van der Waals surface area (Å²) in [5.74, 6) is 0.900. The van der Waals surface area contributed by atoms with E-state index < -0.39 is 0 Å². The van der Waals surface area contributed by atoms with Crippen LogP contribution in [0.15, 0.2) is 10.7 Å². The molecule has 0 spiro atoms. The lowest BCUT2D eigenvalue weighted by molar-refractivity contribution is 0.429. The van der Waals surface area contributed by atoms with Crippen LogP contribution in [0.25, 0.3) is 23.2 Å². The van der Waals surface area contributed by atoms with Gasteiger partial charge in [-0.25, -0.2) is 0 Å². The molecule has 0 radical (unpaired) electrons. The van der Waals surface area contributed by atoms with Crippen LogP contribution >= 0.6 is 0 Å². The number of aromatic nitrogens is 8. The van der Waals surface area contributed by atoms with E-state index in [2.05, 4.69) is 40.7 Å². The van der Waals surface area contributed by atoms with Gasteiger partial charge >= 0.3 is 0 Å². The van der Waals surface area contributed by atoms with Crippen molar-refractivity contribution >= 4 is 5.95 Å². The number of nitrogens with two attached hydrogens (primary N) is 1. The number of anilines is 1. The van der Waals surface area contributed by atoms with Gasteiger partial charge in [-0.3, -0.25) is 5.10 Å². The second-order valence-corrected chi connectivity index (χ2v) is 2.82. The van der Waals surface area contributed by atoms with Gasteiger partial charge in [0.25, 0.3) is 5.89 Å². The quantitative estimate of drug-likeness (QED) is 0.508. The van der Waals surface area contributed by atoms with Crippen molar-refractivity contribution in [2.45, 2.75) is 0 Å². The summed E-state index contributed by atoms with van der Waals surface area (Å²) in [6.45, 7) is 0. The topological polar surface area (TPSA) is 148 Å². The summed E-state index contributed by atoms with van der Waals surface area (Å²) in [7, 11) is 0. The van der Waals surface area contributed by atoms with Crippen LogP contribution in [-0.4, -0.2) is 40.7 Å². The molecule has 0 aromatic carbocycles. The number of rotatable bonds is 2. The highest BCUT2D eigenvalue weighted by molar-refractivity contribution is 5.50. The third-order valence-electron chi connectivity index (χ3n) is 1.78. The smallest absolute Gasteiger partial charge is 0.295 e. The van der Waals surface area contributed by atoms with Crippen LogP contribution in [0, 0.1) is 0 Å². The number of hydrogen-bond acceptors (Lipinski definition) is 8. The molecule has 80 valence electrons. The summed E-state index contributed by atoms with van der Waals surface area (Å²) >= 11 is 0. The van der Waals surface area contributed by atoms with Crippen molar-refractivity contribution in [3.63, 3.8) is 0 Å². The van der Waals surface area contributed by atoms with E-state index in [1.165, 1.54) is 6.20 Å². The lowest BCUT2D eigenvalue weighted by Gasteiger charge is -1.81. The third-order valence-corrected chi connectivity index (χ3v) is 1.78. The van der Waals surface area contributed by atoms with E-state index in [4.69, 9.17) is 10.3 Å². The van der Waals surface area contributed by atoms with Gasteiger partial charge in [0.05, 0.1) is 6.20 Å². The molecule has 3 aromatic heterocycles. The molecule has 0 amide bonds. The zero-order valence-corrected chi connectivity index (χ0v) is 7.75. The first kappa shape index (κ1) is 8.52. The Labute approximate surface area is 87.3 Å². The van der Waals surface area contributed by atoms with Gasteiger partial charge in [-0.05, 0) is 0 Å². The SMILES string of the molecule is Nc1n[nH]c(-c2nc(-c3cn[nH]n3)no2)n1. The van der Waals surface area contributed by atoms with Crippen molar-refractivity contribution in [2.24, 2.45) is 0 Å². The average molecular weight is 219 g/mol. The van der Waals surface area contributed by atoms with E-state index in [9.17, 15) is 0 Å². The standard InChI is InChI=1S/C6H5N9O/c7-6-10-4(12-13-6)5-9-3(14-16-5)2-1-8-15-11-2/h1H,(H,8,11,15)(H3,7,10,12,13).